The largest absolute Gasteiger partial charge is 0.493 e. The third kappa shape index (κ3) is 4.45. The van der Waals surface area contributed by atoms with Crippen molar-refractivity contribution in [2.24, 2.45) is 22.0 Å². The zero-order valence-corrected chi connectivity index (χ0v) is 22.4. The highest BCUT2D eigenvalue weighted by Gasteiger charge is 2.71. The van der Waals surface area contributed by atoms with Gasteiger partial charge >= 0.3 is 0 Å². The number of aromatic nitrogens is 1. The summed E-state index contributed by atoms with van der Waals surface area (Å²) in [7, 11) is 0. The lowest BCUT2D eigenvalue weighted by Gasteiger charge is -2.45. The van der Waals surface area contributed by atoms with E-state index in [9.17, 15) is 0 Å². The van der Waals surface area contributed by atoms with Crippen molar-refractivity contribution in [2.45, 2.75) is 58.3 Å². The molecule has 0 bridgehead atoms. The molecule has 4 heteroatoms. The van der Waals surface area contributed by atoms with Crippen molar-refractivity contribution in [1.82, 2.24) is 4.98 Å². The first kappa shape index (κ1) is 24.5. The number of hydrogen-bond donors (Lipinski definition) is 1. The van der Waals surface area contributed by atoms with Crippen molar-refractivity contribution < 1.29 is 4.74 Å². The predicted molar refractivity (Wildman–Crippen MR) is 151 cm³/mol. The van der Waals surface area contributed by atoms with Gasteiger partial charge in [-0.1, -0.05) is 48.6 Å². The molecule has 0 amide bonds. The average Bonchev–Trinajstić information content (AvgIpc) is 3.85. The van der Waals surface area contributed by atoms with Crippen molar-refractivity contribution in [1.29, 1.82) is 0 Å². The number of nitrogens with zero attached hydrogens (tertiary/aromatic N) is 1. The average molecular weight is 511 g/mol. The Labute approximate surface area is 225 Å². The maximum atomic E-state index is 6.54. The molecule has 1 heterocycles. The zero-order chi connectivity index (χ0) is 25.5. The number of aryl methyl sites for hydroxylation is 1. The Bertz CT molecular complexity index is 1340. The van der Waals surface area contributed by atoms with Crippen LogP contribution in [0.5, 0.6) is 5.75 Å². The van der Waals surface area contributed by atoms with E-state index in [0.29, 0.717) is 16.2 Å². The van der Waals surface area contributed by atoms with Gasteiger partial charge in [-0.2, -0.15) is 0 Å². The second-order valence-corrected chi connectivity index (χ2v) is 11.9. The van der Waals surface area contributed by atoms with Gasteiger partial charge < -0.3 is 10.5 Å². The summed E-state index contributed by atoms with van der Waals surface area (Å²) in [6, 6.07) is 18.1. The molecule has 37 heavy (non-hydrogen) atoms. The van der Waals surface area contributed by atoms with E-state index in [-0.39, 0.29) is 0 Å². The van der Waals surface area contributed by atoms with E-state index in [1.54, 1.807) is 0 Å². The summed E-state index contributed by atoms with van der Waals surface area (Å²) in [5, 5.41) is 0.730. The highest BCUT2D eigenvalue weighted by Crippen LogP contribution is 2.77. The van der Waals surface area contributed by atoms with Gasteiger partial charge in [-0.05, 0) is 116 Å². The molecule has 190 valence electrons. The minimum atomic E-state index is 0.328. The number of nitrogens with two attached hydrogens (primary N) is 1. The molecule has 0 aliphatic heterocycles. The standard InChI is InChI=1S/C33H35ClN2O/c1-24-20-25(4-11-29-12-8-27(21-36-29)26-6-9-28(34)10-7-26)5-13-30(24)37-23-32(18-19-32)33(14-2-3-15-33)31(22-35)16-17-31/h5-10,12-13,20-21H,2-3,14-19,22-23,35H2,1H3. The van der Waals surface area contributed by atoms with Gasteiger partial charge in [0.15, 0.2) is 0 Å². The fourth-order valence-corrected chi connectivity index (χ4v) is 7.19. The van der Waals surface area contributed by atoms with Crippen LogP contribution in [-0.2, 0) is 0 Å². The normalized spacial score (nSPS) is 20.1. The Kier molecular flexibility index (Phi) is 6.30. The van der Waals surface area contributed by atoms with Crippen molar-refractivity contribution >= 4 is 11.6 Å². The lowest BCUT2D eigenvalue weighted by molar-refractivity contribution is 0.00996. The Morgan fingerprint density at radius 3 is 2.16 bits per heavy atom. The highest BCUT2D eigenvalue weighted by atomic mass is 35.5. The topological polar surface area (TPSA) is 48.1 Å². The molecule has 3 aliphatic carbocycles. The number of benzene rings is 2. The molecule has 0 spiro atoms. The summed E-state index contributed by atoms with van der Waals surface area (Å²) in [5.41, 5.74) is 12.5. The van der Waals surface area contributed by atoms with Crippen molar-refractivity contribution in [3.63, 3.8) is 0 Å². The van der Waals surface area contributed by atoms with Gasteiger partial charge in [-0.3, -0.25) is 0 Å². The summed E-state index contributed by atoms with van der Waals surface area (Å²) in [4.78, 5) is 4.53. The van der Waals surface area contributed by atoms with Crippen LogP contribution in [0.1, 0.15) is 68.2 Å². The zero-order valence-electron chi connectivity index (χ0n) is 21.7. The molecular formula is C33H35ClN2O. The van der Waals surface area contributed by atoms with E-state index < -0.39 is 0 Å². The lowest BCUT2D eigenvalue weighted by Crippen LogP contribution is -2.45. The van der Waals surface area contributed by atoms with Crippen LogP contribution in [0.4, 0.5) is 0 Å². The molecule has 3 aliphatic rings. The maximum absolute atomic E-state index is 6.54. The highest BCUT2D eigenvalue weighted by molar-refractivity contribution is 6.30. The van der Waals surface area contributed by atoms with E-state index >= 15 is 0 Å². The van der Waals surface area contributed by atoms with E-state index in [4.69, 9.17) is 22.1 Å². The molecule has 3 aromatic rings. The summed E-state index contributed by atoms with van der Waals surface area (Å²) in [5.74, 6) is 7.45. The number of ether oxygens (including phenoxy) is 1. The van der Waals surface area contributed by atoms with Gasteiger partial charge in [0.05, 0.1) is 6.61 Å². The minimum Gasteiger partial charge on any atom is -0.493 e. The molecule has 0 radical (unpaired) electrons. The molecule has 0 unspecified atom stereocenters. The molecule has 6 rings (SSSR count). The Hall–Kier alpha value is -2.80. The van der Waals surface area contributed by atoms with Crippen LogP contribution in [0.2, 0.25) is 5.02 Å². The quantitative estimate of drug-likeness (QED) is 0.333. The van der Waals surface area contributed by atoms with Gasteiger partial charge in [0.2, 0.25) is 0 Å². The third-order valence-electron chi connectivity index (χ3n) is 9.54. The van der Waals surface area contributed by atoms with Crippen LogP contribution >= 0.6 is 11.6 Å². The fourth-order valence-electron chi connectivity index (χ4n) is 7.06. The maximum Gasteiger partial charge on any atom is 0.122 e. The lowest BCUT2D eigenvalue weighted by atomic mass is 9.60. The van der Waals surface area contributed by atoms with Gasteiger partial charge in [0.25, 0.3) is 0 Å². The SMILES string of the molecule is Cc1cc(C#Cc2ccc(-c3ccc(Cl)cc3)cn2)ccc1OCC1(C2(C3(CN)CC3)CCCC2)CC1. The number of hydrogen-bond acceptors (Lipinski definition) is 3. The van der Waals surface area contributed by atoms with E-state index in [1.807, 2.05) is 42.6 Å². The molecule has 1 aromatic heterocycles. The van der Waals surface area contributed by atoms with Crippen LogP contribution in [0.15, 0.2) is 60.8 Å². The first-order valence-corrected chi connectivity index (χ1v) is 14.0. The third-order valence-corrected chi connectivity index (χ3v) is 9.79. The van der Waals surface area contributed by atoms with Gasteiger partial charge in [0.1, 0.15) is 11.4 Å². The van der Waals surface area contributed by atoms with E-state index in [1.165, 1.54) is 51.4 Å². The van der Waals surface area contributed by atoms with Gasteiger partial charge in [0, 0.05) is 27.8 Å². The van der Waals surface area contributed by atoms with Crippen LogP contribution in [0.3, 0.4) is 0 Å². The second-order valence-electron chi connectivity index (χ2n) is 11.5. The summed E-state index contributed by atoms with van der Waals surface area (Å²) in [6.07, 6.45) is 12.5. The Balaban J connectivity index is 1.13. The summed E-state index contributed by atoms with van der Waals surface area (Å²) < 4.78 is 6.54. The monoisotopic (exact) mass is 510 g/mol. The summed E-state index contributed by atoms with van der Waals surface area (Å²) >= 11 is 6.00. The van der Waals surface area contributed by atoms with E-state index in [2.05, 4.69) is 41.9 Å². The fraction of sp³-hybridized carbons (Fsp3) is 0.424. The minimum absolute atomic E-state index is 0.328. The van der Waals surface area contributed by atoms with Crippen molar-refractivity contribution in [3.05, 3.63) is 82.6 Å². The van der Waals surface area contributed by atoms with E-state index in [0.717, 1.165) is 51.9 Å². The molecule has 3 fully saturated rings. The Morgan fingerprint density at radius 2 is 1.57 bits per heavy atom. The first-order valence-electron chi connectivity index (χ1n) is 13.7. The van der Waals surface area contributed by atoms with Crippen molar-refractivity contribution in [3.8, 4) is 28.7 Å². The van der Waals surface area contributed by atoms with Gasteiger partial charge in [-0.25, -0.2) is 4.98 Å². The second kappa shape index (κ2) is 9.50. The smallest absolute Gasteiger partial charge is 0.122 e. The number of rotatable bonds is 7. The van der Waals surface area contributed by atoms with Gasteiger partial charge in [-0.15, -0.1) is 0 Å². The molecule has 2 aromatic carbocycles. The predicted octanol–water partition coefficient (Wildman–Crippen LogP) is 7.57. The van der Waals surface area contributed by atoms with Crippen LogP contribution in [0.25, 0.3) is 11.1 Å². The Morgan fingerprint density at radius 1 is 0.865 bits per heavy atom. The number of pyridine rings is 1. The number of halogens is 1. The van der Waals surface area contributed by atoms with Crippen LogP contribution in [-0.4, -0.2) is 18.1 Å². The molecular weight excluding hydrogens is 476 g/mol. The molecule has 2 N–H and O–H groups in total. The first-order chi connectivity index (χ1) is 18.0. The van der Waals surface area contributed by atoms with Crippen molar-refractivity contribution in [2.75, 3.05) is 13.2 Å². The molecule has 0 atom stereocenters. The molecule has 3 saturated carbocycles. The van der Waals surface area contributed by atoms with Crippen LogP contribution < -0.4 is 10.5 Å². The van der Waals surface area contributed by atoms with Crippen LogP contribution in [0, 0.1) is 35.0 Å². The summed E-state index contributed by atoms with van der Waals surface area (Å²) in [6.45, 7) is 3.79. The molecule has 3 nitrogen and oxygen atoms in total. The molecule has 0 saturated heterocycles.